The fraction of sp³-hybridized carbons (Fsp3) is 0.867. The first kappa shape index (κ1) is 77.0. The minimum absolute atomic E-state index is 0.430. The quantitative estimate of drug-likeness (QED) is 0.0207. The van der Waals surface area contributed by atoms with Gasteiger partial charge in [0.05, 0.1) is 11.8 Å². The molecule has 0 fully saturated rings. The molecule has 17 nitrogen and oxygen atoms in total. The van der Waals surface area contributed by atoms with Crippen LogP contribution in [0, 0.1) is 22.7 Å². The Hall–Kier alpha value is -4.28. The van der Waals surface area contributed by atoms with Crippen LogP contribution in [0.15, 0.2) is 0 Å². The van der Waals surface area contributed by atoms with Crippen LogP contribution >= 0.6 is 0 Å². The number of carboxylic acids is 8. The van der Waals surface area contributed by atoms with E-state index in [4.69, 9.17) is 45.6 Å². The minimum atomic E-state index is -3.36. The van der Waals surface area contributed by atoms with E-state index in [1.165, 1.54) is 271 Å². The van der Waals surface area contributed by atoms with E-state index >= 15 is 0 Å². The zero-order chi connectivity index (χ0) is 58.6. The second-order valence-electron chi connectivity index (χ2n) is 21.1. The summed E-state index contributed by atoms with van der Waals surface area (Å²) in [5.74, 6) is -20.9. The van der Waals surface area contributed by atoms with Gasteiger partial charge in [0.25, 0.3) is 10.8 Å². The molecular formula is C60H110O17. The van der Waals surface area contributed by atoms with Crippen LogP contribution in [-0.2, 0) is 43.1 Å². The molecule has 8 N–H and O–H groups in total. The number of rotatable bonds is 54. The van der Waals surface area contributed by atoms with Crippen LogP contribution < -0.4 is 0 Å². The Labute approximate surface area is 463 Å². The van der Waals surface area contributed by atoms with Gasteiger partial charge >= 0.3 is 47.8 Å². The van der Waals surface area contributed by atoms with Crippen LogP contribution in [0.1, 0.15) is 297 Å². The van der Waals surface area contributed by atoms with Crippen molar-refractivity contribution in [3.8, 4) is 0 Å². The zero-order valence-electron chi connectivity index (χ0n) is 48.5. The molecule has 0 heterocycles. The summed E-state index contributed by atoms with van der Waals surface area (Å²) in [6.45, 7) is 9.00. The van der Waals surface area contributed by atoms with Crippen molar-refractivity contribution in [2.24, 2.45) is 22.7 Å². The van der Waals surface area contributed by atoms with Crippen molar-refractivity contribution in [1.82, 2.24) is 0 Å². The number of hydrogen-bond donors (Lipinski definition) is 8. The molecule has 2 unspecified atom stereocenters. The highest BCUT2D eigenvalue weighted by Gasteiger charge is 2.63. The fourth-order valence-electron chi connectivity index (χ4n) is 9.80. The summed E-state index contributed by atoms with van der Waals surface area (Å²) in [6, 6.07) is 0. The summed E-state index contributed by atoms with van der Waals surface area (Å²) in [4.78, 5) is 86.1. The molecule has 0 aliphatic carbocycles. The van der Waals surface area contributed by atoms with Gasteiger partial charge in [0.15, 0.2) is 0 Å². The molecule has 0 amide bonds. The Balaban J connectivity index is -0.00000138. The number of carboxylic acid groups (broad SMARTS) is 8. The SMILES string of the molecule is CCC(C(=O)O)C(C(=O)O)(C(=O)O)C(=O)O.CCC(C(=O)O)C(C(=O)O)(C(=O)O)C(=O)O.CCCCCCCCCCCCCCCCCCCCCCOCCCCCCCCCCCCCCCCCCCCCC. The second kappa shape index (κ2) is 52.4. The van der Waals surface area contributed by atoms with Crippen molar-refractivity contribution in [3.05, 3.63) is 0 Å². The second-order valence-corrected chi connectivity index (χ2v) is 21.1. The number of ether oxygens (including phenoxy) is 1. The first-order valence-electron chi connectivity index (χ1n) is 30.3. The third kappa shape index (κ3) is 36.5. The van der Waals surface area contributed by atoms with Crippen molar-refractivity contribution in [2.45, 2.75) is 297 Å². The molecule has 0 saturated carbocycles. The average Bonchev–Trinajstić information content (AvgIpc) is 3.37. The van der Waals surface area contributed by atoms with E-state index in [9.17, 15) is 38.4 Å². The van der Waals surface area contributed by atoms with E-state index < -0.39 is 83.3 Å². The lowest BCUT2D eigenvalue weighted by molar-refractivity contribution is -0.187. The lowest BCUT2D eigenvalue weighted by atomic mass is 9.74. The maximum atomic E-state index is 10.8. The lowest BCUT2D eigenvalue weighted by Gasteiger charge is -2.25. The molecule has 0 saturated heterocycles. The van der Waals surface area contributed by atoms with Crippen LogP contribution in [0.4, 0.5) is 0 Å². The topological polar surface area (TPSA) is 308 Å². The van der Waals surface area contributed by atoms with Gasteiger partial charge in [0.1, 0.15) is 0 Å². The standard InChI is InChI=1S/C44H90O.2C8H10O8/c1-3-5-7-9-11-13-15-17-19-21-23-25-27-29-31-33-35-37-39-41-43-45-44-42-40-38-36-34-32-30-28-26-24-22-20-18-16-14-12-10-8-6-4-2;2*1-2-3(4(9)10)8(5(11)12,6(13)14)7(15)16/h3-44H2,1-2H3;2*3H,2H2,1H3,(H,9,10)(H,11,12)(H,13,14)(H,15,16). The summed E-state index contributed by atoms with van der Waals surface area (Å²) in [5.41, 5.74) is -6.72. The van der Waals surface area contributed by atoms with Crippen LogP contribution in [0.2, 0.25) is 0 Å². The fourth-order valence-corrected chi connectivity index (χ4v) is 9.80. The van der Waals surface area contributed by atoms with Gasteiger partial charge in [0, 0.05) is 13.2 Å². The maximum Gasteiger partial charge on any atom is 0.333 e. The predicted octanol–water partition coefficient (Wildman–Crippen LogP) is 15.3. The molecule has 0 aliphatic heterocycles. The third-order valence-electron chi connectivity index (χ3n) is 14.8. The Morgan fingerprint density at radius 2 is 0.403 bits per heavy atom. The first-order chi connectivity index (χ1) is 36.9. The third-order valence-corrected chi connectivity index (χ3v) is 14.8. The Morgan fingerprint density at radius 1 is 0.260 bits per heavy atom. The molecule has 2 atom stereocenters. The van der Waals surface area contributed by atoms with Gasteiger partial charge in [-0.1, -0.05) is 272 Å². The van der Waals surface area contributed by atoms with Gasteiger partial charge in [-0.05, 0) is 25.7 Å². The summed E-state index contributed by atoms with van der Waals surface area (Å²) in [5, 5.41) is 69.5. The Bertz CT molecular complexity index is 1350. The monoisotopic (exact) mass is 1100 g/mol. The maximum absolute atomic E-state index is 10.8. The van der Waals surface area contributed by atoms with Crippen LogP contribution in [0.5, 0.6) is 0 Å². The van der Waals surface area contributed by atoms with Crippen molar-refractivity contribution in [2.75, 3.05) is 13.2 Å². The molecule has 0 aromatic carbocycles. The highest BCUT2D eigenvalue weighted by atomic mass is 16.5. The molecule has 77 heavy (non-hydrogen) atoms. The van der Waals surface area contributed by atoms with E-state index in [2.05, 4.69) is 13.8 Å². The molecular weight excluding hydrogens is 993 g/mol. The summed E-state index contributed by atoms with van der Waals surface area (Å²) < 4.78 is 5.91. The average molecular weight is 1100 g/mol. The van der Waals surface area contributed by atoms with Crippen molar-refractivity contribution in [1.29, 1.82) is 0 Å². The van der Waals surface area contributed by atoms with Gasteiger partial charge in [-0.3, -0.25) is 38.4 Å². The zero-order valence-corrected chi connectivity index (χ0v) is 48.5. The van der Waals surface area contributed by atoms with E-state index in [1.54, 1.807) is 0 Å². The summed E-state index contributed by atoms with van der Waals surface area (Å²) >= 11 is 0. The predicted molar refractivity (Wildman–Crippen MR) is 300 cm³/mol. The molecule has 0 aliphatic rings. The van der Waals surface area contributed by atoms with Crippen LogP contribution in [-0.4, -0.2) is 102 Å². The lowest BCUT2D eigenvalue weighted by Crippen LogP contribution is -2.54. The molecule has 0 radical (unpaired) electrons. The Kier molecular flexibility index (Phi) is 52.4. The smallest absolute Gasteiger partial charge is 0.333 e. The molecule has 17 heteroatoms. The molecule has 0 aromatic rings. The largest absolute Gasteiger partial charge is 0.481 e. The summed E-state index contributed by atoms with van der Waals surface area (Å²) in [6.07, 6.45) is 57.1. The minimum Gasteiger partial charge on any atom is -0.481 e. The normalized spacial score (nSPS) is 12.1. The molecule has 452 valence electrons. The molecule has 0 bridgehead atoms. The molecule has 0 rings (SSSR count). The van der Waals surface area contributed by atoms with Crippen LogP contribution in [0.3, 0.4) is 0 Å². The highest BCUT2D eigenvalue weighted by molar-refractivity contribution is 6.19. The molecule has 0 spiro atoms. The highest BCUT2D eigenvalue weighted by Crippen LogP contribution is 2.34. The van der Waals surface area contributed by atoms with E-state index in [-0.39, 0.29) is 0 Å². The van der Waals surface area contributed by atoms with Gasteiger partial charge < -0.3 is 45.6 Å². The Morgan fingerprint density at radius 3 is 0.506 bits per heavy atom. The van der Waals surface area contributed by atoms with E-state index in [1.807, 2.05) is 0 Å². The van der Waals surface area contributed by atoms with Crippen molar-refractivity contribution < 1.29 is 83.9 Å². The van der Waals surface area contributed by atoms with Crippen molar-refractivity contribution in [3.63, 3.8) is 0 Å². The van der Waals surface area contributed by atoms with Gasteiger partial charge in [0.2, 0.25) is 0 Å². The first-order valence-corrected chi connectivity index (χ1v) is 30.3. The van der Waals surface area contributed by atoms with E-state index in [0.717, 1.165) is 13.2 Å². The number of unbranched alkanes of at least 4 members (excludes halogenated alkanes) is 38. The summed E-state index contributed by atoms with van der Waals surface area (Å²) in [7, 11) is 0. The van der Waals surface area contributed by atoms with Crippen molar-refractivity contribution >= 4 is 47.8 Å². The van der Waals surface area contributed by atoms with Gasteiger partial charge in [-0.2, -0.15) is 0 Å². The molecule has 0 aromatic heterocycles. The van der Waals surface area contributed by atoms with E-state index in [0.29, 0.717) is 0 Å². The van der Waals surface area contributed by atoms with Gasteiger partial charge in [-0.15, -0.1) is 0 Å². The number of hydrogen-bond acceptors (Lipinski definition) is 9. The van der Waals surface area contributed by atoms with Crippen LogP contribution in [0.25, 0.3) is 0 Å². The number of carbonyl (C=O) groups is 8. The van der Waals surface area contributed by atoms with Gasteiger partial charge in [-0.25, -0.2) is 0 Å². The number of aliphatic carboxylic acids is 8.